The Labute approximate surface area is 155 Å². The van der Waals surface area contributed by atoms with Crippen molar-refractivity contribution in [1.82, 2.24) is 20.3 Å². The van der Waals surface area contributed by atoms with Crippen molar-refractivity contribution in [3.05, 3.63) is 48.5 Å². The summed E-state index contributed by atoms with van der Waals surface area (Å²) in [5.74, 6) is 0.217. The molecule has 1 unspecified atom stereocenters. The van der Waals surface area contributed by atoms with E-state index in [0.717, 1.165) is 11.0 Å². The van der Waals surface area contributed by atoms with Crippen LogP contribution in [-0.2, 0) is 16.1 Å². The van der Waals surface area contributed by atoms with Gasteiger partial charge in [0.15, 0.2) is 0 Å². The Balaban J connectivity index is 1.44. The van der Waals surface area contributed by atoms with Crippen molar-refractivity contribution in [2.75, 3.05) is 18.6 Å². The zero-order chi connectivity index (χ0) is 18.8. The Morgan fingerprint density at radius 2 is 2.00 bits per heavy atom. The first-order valence-electron chi connectivity index (χ1n) is 8.69. The van der Waals surface area contributed by atoms with Gasteiger partial charge in [0, 0.05) is 6.54 Å². The zero-order valence-electron chi connectivity index (χ0n) is 14.8. The van der Waals surface area contributed by atoms with Crippen LogP contribution in [0.4, 0.5) is 5.69 Å². The Bertz CT molecular complexity index is 1000. The highest BCUT2D eigenvalue weighted by Crippen LogP contribution is 2.31. The topological polar surface area (TPSA) is 89.3 Å². The molecule has 1 atom stereocenters. The van der Waals surface area contributed by atoms with Gasteiger partial charge < -0.3 is 15.0 Å². The molecule has 8 heteroatoms. The van der Waals surface area contributed by atoms with Crippen LogP contribution in [0.25, 0.3) is 11.0 Å². The molecule has 2 aromatic carbocycles. The van der Waals surface area contributed by atoms with Crippen LogP contribution in [0.5, 0.6) is 5.75 Å². The zero-order valence-corrected chi connectivity index (χ0v) is 14.8. The van der Waals surface area contributed by atoms with E-state index in [1.165, 1.54) is 4.68 Å². The summed E-state index contributed by atoms with van der Waals surface area (Å²) >= 11 is 0. The fraction of sp³-hybridized carbons (Fsp3) is 0.263. The number of nitrogens with zero attached hydrogens (tertiary/aromatic N) is 4. The number of fused-ring (bicyclic) bond motifs is 1. The van der Waals surface area contributed by atoms with Crippen LogP contribution in [0.1, 0.15) is 6.42 Å². The quantitative estimate of drug-likeness (QED) is 0.737. The van der Waals surface area contributed by atoms with Crippen molar-refractivity contribution in [3.63, 3.8) is 0 Å². The Morgan fingerprint density at radius 1 is 1.22 bits per heavy atom. The number of nitrogens with one attached hydrogen (secondary N) is 1. The highest BCUT2D eigenvalue weighted by molar-refractivity contribution is 6.02. The van der Waals surface area contributed by atoms with Gasteiger partial charge in [0.25, 0.3) is 0 Å². The van der Waals surface area contributed by atoms with Gasteiger partial charge in [-0.2, -0.15) is 0 Å². The van der Waals surface area contributed by atoms with Gasteiger partial charge in [0.1, 0.15) is 23.9 Å². The molecule has 1 fully saturated rings. The maximum Gasteiger partial charge on any atom is 0.249 e. The molecule has 1 aliphatic heterocycles. The Kier molecular flexibility index (Phi) is 4.45. The van der Waals surface area contributed by atoms with Crippen LogP contribution < -0.4 is 15.0 Å². The van der Waals surface area contributed by atoms with E-state index in [2.05, 4.69) is 15.6 Å². The maximum atomic E-state index is 12.7. The first-order valence-corrected chi connectivity index (χ1v) is 8.69. The molecule has 8 nitrogen and oxygen atoms in total. The first kappa shape index (κ1) is 17.0. The van der Waals surface area contributed by atoms with Crippen LogP contribution in [0.2, 0.25) is 0 Å². The third-order valence-corrected chi connectivity index (χ3v) is 4.63. The van der Waals surface area contributed by atoms with Crippen LogP contribution in [0.15, 0.2) is 48.5 Å². The number of carbonyl (C=O) groups is 2. The predicted octanol–water partition coefficient (Wildman–Crippen LogP) is 1.36. The molecule has 1 N–H and O–H groups in total. The van der Waals surface area contributed by atoms with Crippen LogP contribution in [-0.4, -0.2) is 46.5 Å². The van der Waals surface area contributed by atoms with E-state index >= 15 is 0 Å². The van der Waals surface area contributed by atoms with Crippen molar-refractivity contribution in [1.29, 1.82) is 0 Å². The van der Waals surface area contributed by atoms with Gasteiger partial charge in [-0.15, -0.1) is 5.10 Å². The van der Waals surface area contributed by atoms with Crippen molar-refractivity contribution in [2.45, 2.75) is 19.0 Å². The number of rotatable bonds is 5. The molecule has 0 spiro atoms. The Morgan fingerprint density at radius 3 is 2.85 bits per heavy atom. The number of hydrogen-bond donors (Lipinski definition) is 1. The number of benzene rings is 2. The highest BCUT2D eigenvalue weighted by atomic mass is 16.5. The Hall–Kier alpha value is -3.42. The fourth-order valence-electron chi connectivity index (χ4n) is 3.32. The van der Waals surface area contributed by atoms with Gasteiger partial charge in [0.2, 0.25) is 11.8 Å². The second-order valence-corrected chi connectivity index (χ2v) is 6.31. The lowest BCUT2D eigenvalue weighted by Gasteiger charge is -2.19. The molecule has 138 valence electrons. The molecule has 27 heavy (non-hydrogen) atoms. The molecule has 1 saturated heterocycles. The maximum absolute atomic E-state index is 12.7. The number of anilines is 1. The highest BCUT2D eigenvalue weighted by Gasteiger charge is 2.34. The smallest absolute Gasteiger partial charge is 0.249 e. The number of hydrogen-bond acceptors (Lipinski definition) is 5. The van der Waals surface area contributed by atoms with Gasteiger partial charge in [-0.3, -0.25) is 9.59 Å². The number of amides is 2. The molecule has 3 aromatic rings. The van der Waals surface area contributed by atoms with Crippen LogP contribution in [0, 0.1) is 0 Å². The summed E-state index contributed by atoms with van der Waals surface area (Å²) in [6.07, 6.45) is 0.542. The van der Waals surface area contributed by atoms with Gasteiger partial charge in [-0.25, -0.2) is 4.68 Å². The van der Waals surface area contributed by atoms with Crippen molar-refractivity contribution < 1.29 is 14.3 Å². The molecular formula is C19H19N5O3. The van der Waals surface area contributed by atoms with Gasteiger partial charge >= 0.3 is 0 Å². The van der Waals surface area contributed by atoms with E-state index in [1.807, 2.05) is 48.5 Å². The second kappa shape index (κ2) is 7.06. The summed E-state index contributed by atoms with van der Waals surface area (Å²) in [6, 6.07) is 14.2. The molecule has 0 bridgehead atoms. The van der Waals surface area contributed by atoms with Crippen molar-refractivity contribution >= 4 is 28.5 Å². The van der Waals surface area contributed by atoms with Crippen LogP contribution in [0.3, 0.4) is 0 Å². The van der Waals surface area contributed by atoms with Gasteiger partial charge in [-0.05, 0) is 30.7 Å². The molecule has 0 saturated carbocycles. The monoisotopic (exact) mass is 365 g/mol. The summed E-state index contributed by atoms with van der Waals surface area (Å²) in [5.41, 5.74) is 2.22. The fourth-order valence-corrected chi connectivity index (χ4v) is 3.32. The lowest BCUT2D eigenvalue weighted by atomic mass is 10.2. The summed E-state index contributed by atoms with van der Waals surface area (Å²) < 4.78 is 6.86. The standard InChI is InChI=1S/C19H19N5O3/c1-27-17-9-5-4-8-16(17)23-11-10-14(19(23)26)20-18(25)12-24-15-7-3-2-6-13(15)21-22-24/h2-9,14H,10-12H2,1H3,(H,20,25). The largest absolute Gasteiger partial charge is 0.495 e. The average Bonchev–Trinajstić information content (AvgIpc) is 3.26. The first-order chi connectivity index (χ1) is 13.2. The summed E-state index contributed by atoms with van der Waals surface area (Å²) in [5, 5.41) is 10.9. The minimum absolute atomic E-state index is 0.0128. The molecule has 2 amide bonds. The second-order valence-electron chi connectivity index (χ2n) is 6.31. The normalized spacial score (nSPS) is 16.7. The summed E-state index contributed by atoms with van der Waals surface area (Å²) in [7, 11) is 1.57. The molecular weight excluding hydrogens is 346 g/mol. The predicted molar refractivity (Wildman–Crippen MR) is 99.4 cm³/mol. The third-order valence-electron chi connectivity index (χ3n) is 4.63. The van der Waals surface area contributed by atoms with Gasteiger partial charge in [0.05, 0.1) is 18.3 Å². The minimum Gasteiger partial charge on any atom is -0.495 e. The van der Waals surface area contributed by atoms with Crippen molar-refractivity contribution in [2.24, 2.45) is 0 Å². The average molecular weight is 365 g/mol. The van der Waals surface area contributed by atoms with Gasteiger partial charge in [-0.1, -0.05) is 29.5 Å². The van der Waals surface area contributed by atoms with E-state index in [0.29, 0.717) is 24.4 Å². The van der Waals surface area contributed by atoms with Crippen LogP contribution >= 0.6 is 0 Å². The molecule has 1 aliphatic rings. The minimum atomic E-state index is -0.558. The number of methoxy groups -OCH3 is 1. The number of para-hydroxylation sites is 3. The van der Waals surface area contributed by atoms with Crippen molar-refractivity contribution in [3.8, 4) is 5.75 Å². The lowest BCUT2D eigenvalue weighted by Crippen LogP contribution is -2.43. The van der Waals surface area contributed by atoms with E-state index < -0.39 is 6.04 Å². The number of aromatic nitrogens is 3. The molecule has 0 radical (unpaired) electrons. The molecule has 0 aliphatic carbocycles. The molecule has 2 heterocycles. The molecule has 1 aromatic heterocycles. The number of ether oxygens (including phenoxy) is 1. The lowest BCUT2D eigenvalue weighted by molar-refractivity contribution is -0.126. The molecule has 4 rings (SSSR count). The van der Waals surface area contributed by atoms with E-state index in [1.54, 1.807) is 12.0 Å². The van der Waals surface area contributed by atoms with E-state index in [4.69, 9.17) is 4.74 Å². The van der Waals surface area contributed by atoms with E-state index in [9.17, 15) is 9.59 Å². The SMILES string of the molecule is COc1ccccc1N1CCC(NC(=O)Cn2nnc3ccccc32)C1=O. The summed E-state index contributed by atoms with van der Waals surface area (Å²) in [6.45, 7) is 0.537. The number of carbonyl (C=O) groups excluding carboxylic acids is 2. The third kappa shape index (κ3) is 3.21. The van der Waals surface area contributed by atoms with E-state index in [-0.39, 0.29) is 18.4 Å². The summed E-state index contributed by atoms with van der Waals surface area (Å²) in [4.78, 5) is 26.8.